The lowest BCUT2D eigenvalue weighted by Crippen LogP contribution is -2.77. The van der Waals surface area contributed by atoms with Gasteiger partial charge in [0.1, 0.15) is 5.54 Å². The molecule has 174 valence electrons. The normalized spacial score (nSPS) is 31.2. The summed E-state index contributed by atoms with van der Waals surface area (Å²) in [5.74, 6) is -0.755. The molecular weight excluding hydrogens is 410 g/mol. The van der Waals surface area contributed by atoms with Gasteiger partial charge in [-0.3, -0.25) is 19.4 Å². The minimum atomic E-state index is -1.17. The quantitative estimate of drug-likeness (QED) is 0.569. The molecule has 0 unspecified atom stereocenters. The van der Waals surface area contributed by atoms with Gasteiger partial charge >= 0.3 is 12.1 Å². The van der Waals surface area contributed by atoms with Crippen LogP contribution in [0.3, 0.4) is 0 Å². The molecule has 3 N–H and O–H groups in total. The molecule has 8 nitrogen and oxygen atoms in total. The van der Waals surface area contributed by atoms with Gasteiger partial charge < -0.3 is 15.5 Å². The molecule has 4 fully saturated rings. The molecule has 2 amide bonds. The predicted octanol–water partition coefficient (Wildman–Crippen LogP) is 2.49. The van der Waals surface area contributed by atoms with Crippen molar-refractivity contribution in [3.05, 3.63) is 35.9 Å². The van der Waals surface area contributed by atoms with E-state index in [0.29, 0.717) is 32.0 Å². The Hall–Kier alpha value is -2.61. The Morgan fingerprint density at radius 1 is 1.16 bits per heavy atom. The van der Waals surface area contributed by atoms with E-state index in [4.69, 9.17) is 0 Å². The number of fused-ring (bicyclic) bond motifs is 1. The van der Waals surface area contributed by atoms with Gasteiger partial charge in [0.2, 0.25) is 5.91 Å². The summed E-state index contributed by atoms with van der Waals surface area (Å²) < 4.78 is 0. The fourth-order valence-corrected chi connectivity index (χ4v) is 6.62. The Kier molecular flexibility index (Phi) is 6.16. The number of hydrogen-bond acceptors (Lipinski definition) is 4. The third-order valence-electron chi connectivity index (χ3n) is 7.57. The van der Waals surface area contributed by atoms with Crippen molar-refractivity contribution in [1.29, 1.82) is 0 Å². The third-order valence-corrected chi connectivity index (χ3v) is 7.57. The minimum Gasteiger partial charge on any atom is -0.481 e. The highest BCUT2D eigenvalue weighted by Crippen LogP contribution is 2.57. The fraction of sp³-hybridized carbons (Fsp3) is 0.625. The van der Waals surface area contributed by atoms with Crippen molar-refractivity contribution in [2.45, 2.75) is 51.2 Å². The number of amides is 2. The topological polar surface area (TPSA) is 110 Å². The molecule has 0 spiro atoms. The number of likely N-dealkylation sites (tertiary alicyclic amines) is 1. The Labute approximate surface area is 188 Å². The molecule has 3 aliphatic heterocycles. The summed E-state index contributed by atoms with van der Waals surface area (Å²) in [4.78, 5) is 41.3. The summed E-state index contributed by atoms with van der Waals surface area (Å²) in [5, 5.41) is 22.5. The van der Waals surface area contributed by atoms with Crippen LogP contribution in [0.4, 0.5) is 4.79 Å². The molecule has 5 rings (SSSR count). The number of rotatable bonds is 8. The first-order chi connectivity index (χ1) is 15.2. The number of hydrogen-bond donors (Lipinski definition) is 3. The third kappa shape index (κ3) is 3.74. The number of carbonyl (C=O) groups excluding carboxylic acids is 1. The summed E-state index contributed by atoms with van der Waals surface area (Å²) >= 11 is 0. The van der Waals surface area contributed by atoms with Crippen molar-refractivity contribution >= 4 is 18.0 Å². The zero-order valence-electron chi connectivity index (χ0n) is 18.7. The SMILES string of the molecule is CC(C)CN1C[C@@H]2C[C@H]3CN(C(=O)O)[C@]2(C(=O)NCc2ccccc2)[C@@H]1[C@@H]3CCC(=O)O. The molecule has 3 saturated heterocycles. The average Bonchev–Trinajstić information content (AvgIpc) is 2.99. The molecule has 8 heteroatoms. The van der Waals surface area contributed by atoms with Crippen molar-refractivity contribution in [1.82, 2.24) is 15.1 Å². The molecule has 1 aliphatic carbocycles. The first kappa shape index (κ1) is 22.6. The zero-order valence-corrected chi connectivity index (χ0v) is 18.7. The number of aliphatic carboxylic acids is 1. The van der Waals surface area contributed by atoms with Crippen LogP contribution in [0.2, 0.25) is 0 Å². The highest BCUT2D eigenvalue weighted by Gasteiger charge is 2.72. The van der Waals surface area contributed by atoms with Gasteiger partial charge in [-0.2, -0.15) is 0 Å². The van der Waals surface area contributed by atoms with Crippen molar-refractivity contribution in [3.8, 4) is 0 Å². The lowest BCUT2D eigenvalue weighted by Gasteiger charge is -2.60. The number of piperidine rings is 2. The highest BCUT2D eigenvalue weighted by atomic mass is 16.4. The van der Waals surface area contributed by atoms with Crippen LogP contribution in [0.25, 0.3) is 0 Å². The van der Waals surface area contributed by atoms with E-state index in [9.17, 15) is 24.6 Å². The Bertz CT molecular complexity index is 876. The predicted molar refractivity (Wildman–Crippen MR) is 118 cm³/mol. The number of carbonyl (C=O) groups is 3. The smallest absolute Gasteiger partial charge is 0.408 e. The first-order valence-corrected chi connectivity index (χ1v) is 11.5. The maximum absolute atomic E-state index is 13.9. The molecule has 3 heterocycles. The molecule has 4 bridgehead atoms. The Balaban J connectivity index is 1.70. The van der Waals surface area contributed by atoms with Gasteiger partial charge in [-0.1, -0.05) is 44.2 Å². The maximum Gasteiger partial charge on any atom is 0.408 e. The lowest BCUT2D eigenvalue weighted by atomic mass is 9.57. The monoisotopic (exact) mass is 443 g/mol. The Morgan fingerprint density at radius 2 is 1.88 bits per heavy atom. The summed E-state index contributed by atoms with van der Waals surface area (Å²) in [5.41, 5.74) is -0.217. The molecule has 5 atom stereocenters. The molecule has 0 radical (unpaired) electrons. The first-order valence-electron chi connectivity index (χ1n) is 11.5. The van der Waals surface area contributed by atoms with Crippen molar-refractivity contribution in [3.63, 3.8) is 0 Å². The number of benzene rings is 1. The highest BCUT2D eigenvalue weighted by molar-refractivity contribution is 5.92. The second-order valence-electron chi connectivity index (χ2n) is 9.97. The van der Waals surface area contributed by atoms with E-state index < -0.39 is 17.6 Å². The van der Waals surface area contributed by atoms with Crippen molar-refractivity contribution < 1.29 is 24.6 Å². The standard InChI is InChI=1S/C24H33N3O5/c1-15(2)12-26-14-18-10-17-13-27(23(31)32)24(18,21(26)19(17)8-9-20(28)29)22(30)25-11-16-6-4-3-5-7-16/h3-7,15,17-19,21H,8-14H2,1-2H3,(H,25,30)(H,28,29)(H,31,32)/t17-,18-,19+,21-,24-/m0/s1. The van der Waals surface area contributed by atoms with E-state index in [-0.39, 0.29) is 36.1 Å². The van der Waals surface area contributed by atoms with Crippen LogP contribution >= 0.6 is 0 Å². The Morgan fingerprint density at radius 3 is 2.50 bits per heavy atom. The second-order valence-corrected chi connectivity index (χ2v) is 9.97. The molecule has 0 aromatic heterocycles. The zero-order chi connectivity index (χ0) is 23.0. The van der Waals surface area contributed by atoms with Crippen LogP contribution in [0.1, 0.15) is 38.7 Å². The molecule has 1 saturated carbocycles. The second kappa shape index (κ2) is 8.73. The van der Waals surface area contributed by atoms with Crippen LogP contribution in [0, 0.1) is 23.7 Å². The van der Waals surface area contributed by atoms with E-state index in [0.717, 1.165) is 18.5 Å². The average molecular weight is 444 g/mol. The summed E-state index contributed by atoms with van der Waals surface area (Å²) in [7, 11) is 0. The largest absolute Gasteiger partial charge is 0.481 e. The van der Waals surface area contributed by atoms with Gasteiger partial charge in [0.15, 0.2) is 0 Å². The number of nitrogens with one attached hydrogen (secondary N) is 1. The minimum absolute atomic E-state index is 0.0123. The summed E-state index contributed by atoms with van der Waals surface area (Å²) in [6, 6.07) is 9.29. The van der Waals surface area contributed by atoms with Gasteiger partial charge in [0.05, 0.1) is 0 Å². The van der Waals surface area contributed by atoms with E-state index in [2.05, 4.69) is 24.1 Å². The van der Waals surface area contributed by atoms with Gasteiger partial charge in [-0.15, -0.1) is 0 Å². The van der Waals surface area contributed by atoms with Crippen molar-refractivity contribution in [2.75, 3.05) is 19.6 Å². The lowest BCUT2D eigenvalue weighted by molar-refractivity contribution is -0.156. The maximum atomic E-state index is 13.9. The number of carboxylic acid groups (broad SMARTS) is 2. The van der Waals surface area contributed by atoms with Gasteiger partial charge in [-0.25, -0.2) is 4.79 Å². The molecular formula is C24H33N3O5. The van der Waals surface area contributed by atoms with Crippen LogP contribution in [-0.4, -0.2) is 69.2 Å². The molecule has 1 aromatic carbocycles. The van der Waals surface area contributed by atoms with E-state index in [1.807, 2.05) is 30.3 Å². The van der Waals surface area contributed by atoms with Gasteiger partial charge in [0.25, 0.3) is 0 Å². The fourth-order valence-electron chi connectivity index (χ4n) is 6.62. The number of carboxylic acids is 1. The van der Waals surface area contributed by atoms with Crippen LogP contribution in [-0.2, 0) is 16.1 Å². The molecule has 32 heavy (non-hydrogen) atoms. The number of nitrogens with zero attached hydrogens (tertiary/aromatic N) is 2. The van der Waals surface area contributed by atoms with Gasteiger partial charge in [-0.05, 0) is 36.2 Å². The summed E-state index contributed by atoms with van der Waals surface area (Å²) in [6.07, 6.45) is 0.195. The molecule has 1 aromatic rings. The van der Waals surface area contributed by atoms with E-state index in [1.165, 1.54) is 4.90 Å². The molecule has 4 aliphatic rings. The van der Waals surface area contributed by atoms with Crippen LogP contribution in [0.15, 0.2) is 30.3 Å². The summed E-state index contributed by atoms with van der Waals surface area (Å²) in [6.45, 7) is 6.29. The van der Waals surface area contributed by atoms with Crippen LogP contribution in [0.5, 0.6) is 0 Å². The van der Waals surface area contributed by atoms with E-state index in [1.54, 1.807) is 0 Å². The van der Waals surface area contributed by atoms with E-state index >= 15 is 0 Å². The van der Waals surface area contributed by atoms with Crippen molar-refractivity contribution in [2.24, 2.45) is 23.7 Å². The van der Waals surface area contributed by atoms with Gasteiger partial charge in [0, 0.05) is 44.6 Å². The van der Waals surface area contributed by atoms with Crippen LogP contribution < -0.4 is 5.32 Å².